The van der Waals surface area contributed by atoms with Gasteiger partial charge in [0, 0.05) is 48.6 Å². The lowest BCUT2D eigenvalue weighted by atomic mass is 9.82. The van der Waals surface area contributed by atoms with Crippen molar-refractivity contribution in [3.63, 3.8) is 0 Å². The zero-order valence-corrected chi connectivity index (χ0v) is 71.3. The first-order valence-corrected chi connectivity index (χ1v) is 44.3. The zero-order chi connectivity index (χ0) is 88.0. The molecule has 6 heterocycles. The maximum atomic E-state index is 14.9. The van der Waals surface area contributed by atoms with Crippen molar-refractivity contribution in [2.24, 2.45) is 58.2 Å². The molecule has 34 heteroatoms. The molecule has 0 bridgehead atoms. The van der Waals surface area contributed by atoms with Crippen LogP contribution in [-0.2, 0) is 67.9 Å². The molecule has 14 atom stereocenters. The van der Waals surface area contributed by atoms with Crippen LogP contribution in [0.15, 0.2) is 85.0 Å². The van der Waals surface area contributed by atoms with Crippen LogP contribution in [0.4, 0.5) is 35.1 Å². The highest BCUT2D eigenvalue weighted by Gasteiger charge is 2.66. The van der Waals surface area contributed by atoms with Gasteiger partial charge >= 0.3 is 24.3 Å². The molecule has 4 amide bonds. The SMILES string of the molecule is CC(C)Oc1cc2ccccc2c(O[C@@H]2C[C@H]3C(=O)C[C@]4(C(=O)NS(=O)(=O)C5(CF)CC5)C[C@H]4/C=C\CC[C@@H](C)C[C@@H](C)[C@H](CC(=O)OC(C)(C)C(F)(F)F)C(=O)N3C2)n1.CC(C)Oc1cc2ccccc2c(O[C@@H]2C[C@H]3C(=O)C[C@]4(C(=O)NS(=O)(=O)C5(CF)CC5)C[C@H]4/C=C\CC[C@H](C)C[C@@H](C)[C@H](CC(=O)OC(C)(C)C(F)(F)F)C(=O)N3C2)n1. The van der Waals surface area contributed by atoms with E-state index < -0.39 is 210 Å². The lowest BCUT2D eigenvalue weighted by Gasteiger charge is -2.33. The molecule has 0 unspecified atom stereocenters. The number of Topliss-reactive ketones (excluding diaryl/α,β-unsaturated/α-hetero) is 2. The van der Waals surface area contributed by atoms with Crippen LogP contribution in [0.2, 0.25) is 0 Å². The summed E-state index contributed by atoms with van der Waals surface area (Å²) in [6.07, 6.45) is -3.50. The van der Waals surface area contributed by atoms with E-state index in [0.717, 1.165) is 38.5 Å². The van der Waals surface area contributed by atoms with E-state index in [4.69, 9.17) is 28.4 Å². The van der Waals surface area contributed by atoms with Crippen LogP contribution in [0, 0.1) is 58.2 Å². The number of nitrogens with one attached hydrogen (secondary N) is 2. The fourth-order valence-electron chi connectivity index (χ4n) is 17.0. The van der Waals surface area contributed by atoms with E-state index in [1.54, 1.807) is 62.4 Å². The van der Waals surface area contributed by atoms with Crippen molar-refractivity contribution in [3.8, 4) is 23.5 Å². The number of ketones is 2. The number of carbonyl (C=O) groups is 8. The normalized spacial score (nSPS) is 29.1. The van der Waals surface area contributed by atoms with Gasteiger partial charge in [-0.25, -0.2) is 25.6 Å². The predicted molar refractivity (Wildman–Crippen MR) is 426 cm³/mol. The predicted octanol–water partition coefficient (Wildman–Crippen LogP) is 14.4. The first-order chi connectivity index (χ1) is 56.0. The summed E-state index contributed by atoms with van der Waals surface area (Å²) in [5, 5.41) is 2.74. The molecule has 120 heavy (non-hydrogen) atoms. The number of nitrogens with zero attached hydrogens (tertiary/aromatic N) is 4. The van der Waals surface area contributed by atoms with Gasteiger partial charge in [0.25, 0.3) is 0 Å². The second kappa shape index (κ2) is 35.3. The Bertz CT molecular complexity index is 4540. The van der Waals surface area contributed by atoms with Crippen LogP contribution in [0.1, 0.15) is 199 Å². The van der Waals surface area contributed by atoms with Gasteiger partial charge in [-0.15, -0.1) is 0 Å². The third kappa shape index (κ3) is 20.4. The minimum absolute atomic E-state index is 0.0210. The molecule has 660 valence electrons. The second-order valence-corrected chi connectivity index (χ2v) is 40.4. The Morgan fingerprint density at radius 2 is 0.892 bits per heavy atom. The average Bonchev–Trinajstić information content (AvgIpc) is 1.56. The number of hydrogen-bond acceptors (Lipinski definition) is 20. The number of amides is 4. The Balaban J connectivity index is 0.000000235. The highest BCUT2D eigenvalue weighted by Crippen LogP contribution is 2.60. The Hall–Kier alpha value is -8.56. The number of alkyl halides is 8. The summed E-state index contributed by atoms with van der Waals surface area (Å²) < 4.78 is 199. The Morgan fingerprint density at radius 3 is 1.22 bits per heavy atom. The van der Waals surface area contributed by atoms with Gasteiger partial charge in [-0.1, -0.05) is 88.4 Å². The van der Waals surface area contributed by atoms with Gasteiger partial charge in [0.15, 0.2) is 11.6 Å². The molecule has 0 radical (unpaired) electrons. The van der Waals surface area contributed by atoms with E-state index in [9.17, 15) is 90.3 Å². The molecular formula is C86H110F8N6O18S2. The average molecular weight is 1730 g/mol. The van der Waals surface area contributed by atoms with Gasteiger partial charge in [0.2, 0.25) is 78.4 Å². The monoisotopic (exact) mass is 1730 g/mol. The van der Waals surface area contributed by atoms with E-state index in [1.807, 2.05) is 78.0 Å². The van der Waals surface area contributed by atoms with Crippen LogP contribution in [0.5, 0.6) is 23.5 Å². The number of pyridine rings is 2. The Morgan fingerprint density at radius 1 is 0.542 bits per heavy atom. The maximum absolute atomic E-state index is 14.9. The summed E-state index contributed by atoms with van der Waals surface area (Å²) in [5.41, 5.74) is -8.69. The van der Waals surface area contributed by atoms with Gasteiger partial charge in [-0.2, -0.15) is 36.3 Å². The molecule has 4 aromatic rings. The fraction of sp³-hybridized carbons (Fsp3) is 0.651. The van der Waals surface area contributed by atoms with E-state index in [-0.39, 0.29) is 112 Å². The van der Waals surface area contributed by atoms with Crippen molar-refractivity contribution in [1.29, 1.82) is 0 Å². The maximum Gasteiger partial charge on any atom is 0.427 e. The third-order valence-electron chi connectivity index (χ3n) is 25.1. The summed E-state index contributed by atoms with van der Waals surface area (Å²) >= 11 is 0. The second-order valence-electron chi connectivity index (χ2n) is 36.2. The highest BCUT2D eigenvalue weighted by molar-refractivity contribution is 7.92. The first-order valence-electron chi connectivity index (χ1n) is 41.3. The number of allylic oxidation sites excluding steroid dienone is 4. The van der Waals surface area contributed by atoms with Crippen molar-refractivity contribution in [1.82, 2.24) is 29.2 Å². The minimum Gasteiger partial charge on any atom is -0.475 e. The molecule has 0 spiro atoms. The molecule has 4 aliphatic carbocycles. The number of benzene rings is 2. The number of halogens is 8. The van der Waals surface area contributed by atoms with Gasteiger partial charge in [-0.3, -0.25) is 47.8 Å². The van der Waals surface area contributed by atoms with Crippen LogP contribution < -0.4 is 28.4 Å². The molecule has 4 saturated carbocycles. The largest absolute Gasteiger partial charge is 0.475 e. The molecule has 6 fully saturated rings. The van der Waals surface area contributed by atoms with Crippen LogP contribution in [0.25, 0.3) is 21.5 Å². The molecule has 2 saturated heterocycles. The van der Waals surface area contributed by atoms with Crippen LogP contribution in [-0.4, -0.2) is 180 Å². The van der Waals surface area contributed by atoms with Crippen molar-refractivity contribution in [2.45, 2.75) is 268 Å². The number of aromatic nitrogens is 2. The number of ether oxygens (including phenoxy) is 6. The molecule has 2 aromatic carbocycles. The third-order valence-corrected chi connectivity index (χ3v) is 29.4. The zero-order valence-electron chi connectivity index (χ0n) is 69.7. The number of sulfonamides is 2. The van der Waals surface area contributed by atoms with E-state index >= 15 is 0 Å². The smallest absolute Gasteiger partial charge is 0.427 e. The molecule has 24 nitrogen and oxygen atoms in total. The standard InChI is InChI=1S/2C43H55F4N3O9S/c2*1-25(2)57-35-18-28-12-8-10-14-31(28)37(48-35)58-30-19-33-34(51)22-42(39(54)49-60(55,56)41(24-44)15-16-41)21-29(42)13-9-7-11-26(3)17-27(4)32(38(53)50(33)23-30)20-36(52)59-40(5,6)43(45,46)47/h2*8-10,12-14,18,25-27,29-30,32-33H,7,11,15-17,19-24H2,1-6H3,(H,49,54)/b2*13-9-/t26-,27+,29+,30+,32-,33-,42+;26-,27-,29-,30-,32+,33+,42-/m01/s1. The molecule has 2 aromatic heterocycles. The summed E-state index contributed by atoms with van der Waals surface area (Å²) in [6, 6.07) is 15.6. The van der Waals surface area contributed by atoms with Crippen LogP contribution in [0.3, 0.4) is 0 Å². The molecule has 12 rings (SSSR count). The van der Waals surface area contributed by atoms with Crippen molar-refractivity contribution < 1.29 is 119 Å². The summed E-state index contributed by atoms with van der Waals surface area (Å²) in [6.45, 7) is 14.9. The Labute approximate surface area is 694 Å². The topological polar surface area (TPSA) is 317 Å². The number of rotatable bonds is 22. The number of fused-ring (bicyclic) bond motifs is 6. The number of esters is 2. The van der Waals surface area contributed by atoms with Gasteiger partial charge < -0.3 is 38.2 Å². The van der Waals surface area contributed by atoms with Crippen molar-refractivity contribution in [3.05, 3.63) is 85.0 Å². The van der Waals surface area contributed by atoms with E-state index in [0.29, 0.717) is 49.3 Å². The quantitative estimate of drug-likeness (QED) is 0.0419. The molecular weight excluding hydrogens is 1620 g/mol. The lowest BCUT2D eigenvalue weighted by molar-refractivity contribution is -0.257. The van der Waals surface area contributed by atoms with E-state index in [1.165, 1.54) is 9.80 Å². The van der Waals surface area contributed by atoms with Gasteiger partial charge in [0.1, 0.15) is 35.1 Å². The number of carbonyl (C=O) groups excluding carboxylic acids is 8. The highest BCUT2D eigenvalue weighted by atomic mass is 32.2. The van der Waals surface area contributed by atoms with Crippen LogP contribution >= 0.6 is 0 Å². The minimum atomic E-state index is -4.89. The van der Waals surface area contributed by atoms with Crippen molar-refractivity contribution in [2.75, 3.05) is 26.4 Å². The summed E-state index contributed by atoms with van der Waals surface area (Å²) in [7, 11) is -8.84. The molecule has 8 aliphatic rings. The van der Waals surface area contributed by atoms with Gasteiger partial charge in [-0.05, 0) is 191 Å². The lowest BCUT2D eigenvalue weighted by Crippen LogP contribution is -2.49. The molecule has 4 aliphatic heterocycles. The van der Waals surface area contributed by atoms with E-state index in [2.05, 4.69) is 19.4 Å². The van der Waals surface area contributed by atoms with Crippen molar-refractivity contribution >= 4 is 88.7 Å². The van der Waals surface area contributed by atoms with Gasteiger partial charge in [0.05, 0.1) is 72.9 Å². The fourth-order valence-corrected chi connectivity index (χ4v) is 19.9. The summed E-state index contributed by atoms with van der Waals surface area (Å²) in [5.74, 6) is -10.5. The molecule has 2 N–H and O–H groups in total. The Kier molecular flexibility index (Phi) is 27.2. The first kappa shape index (κ1) is 92.2. The number of hydrogen-bond donors (Lipinski definition) is 2. The summed E-state index contributed by atoms with van der Waals surface area (Å²) in [4.78, 5) is 126.